The van der Waals surface area contributed by atoms with Gasteiger partial charge in [0.15, 0.2) is 5.96 Å². The molecule has 5 heteroatoms. The van der Waals surface area contributed by atoms with Gasteiger partial charge < -0.3 is 15.4 Å². The third kappa shape index (κ3) is 6.45. The number of rotatable bonds is 7. The maximum atomic E-state index is 6.10. The van der Waals surface area contributed by atoms with E-state index in [0.29, 0.717) is 0 Å². The minimum absolute atomic E-state index is 0.754. The van der Waals surface area contributed by atoms with Gasteiger partial charge in [-0.2, -0.15) is 0 Å². The van der Waals surface area contributed by atoms with Crippen molar-refractivity contribution in [2.45, 2.75) is 12.8 Å². The molecule has 1 aromatic rings. The summed E-state index contributed by atoms with van der Waals surface area (Å²) < 4.78 is 4.99. The molecule has 0 radical (unpaired) electrons. The third-order valence-electron chi connectivity index (χ3n) is 2.69. The van der Waals surface area contributed by atoms with Crippen LogP contribution in [0.4, 0.5) is 0 Å². The molecule has 0 atom stereocenters. The van der Waals surface area contributed by atoms with Gasteiger partial charge in [0.1, 0.15) is 0 Å². The number of hydrogen-bond acceptors (Lipinski definition) is 2. The van der Waals surface area contributed by atoms with Crippen molar-refractivity contribution in [3.63, 3.8) is 0 Å². The van der Waals surface area contributed by atoms with Crippen LogP contribution in [-0.4, -0.2) is 39.8 Å². The minimum Gasteiger partial charge on any atom is -0.385 e. The van der Waals surface area contributed by atoms with E-state index in [1.165, 1.54) is 0 Å². The lowest BCUT2D eigenvalue weighted by Gasteiger charge is -2.12. The van der Waals surface area contributed by atoms with Crippen LogP contribution in [0.25, 0.3) is 0 Å². The van der Waals surface area contributed by atoms with Crippen LogP contribution in [0.1, 0.15) is 12.0 Å². The quantitative estimate of drug-likeness (QED) is 0.458. The standard InChI is InChI=1S/C14H22ClN3O/c1-16-14(17-9-5-11-19-2)18-10-8-12-6-3-4-7-13(12)15/h3-4,6-7H,5,8-11H2,1-2H3,(H2,16,17,18). The molecule has 106 valence electrons. The maximum Gasteiger partial charge on any atom is 0.190 e. The lowest BCUT2D eigenvalue weighted by Crippen LogP contribution is -2.39. The molecule has 1 rings (SSSR count). The molecule has 2 N–H and O–H groups in total. The fourth-order valence-electron chi connectivity index (χ4n) is 1.66. The lowest BCUT2D eigenvalue weighted by molar-refractivity contribution is 0.195. The van der Waals surface area contributed by atoms with E-state index in [0.717, 1.165) is 49.1 Å². The van der Waals surface area contributed by atoms with Gasteiger partial charge >= 0.3 is 0 Å². The van der Waals surface area contributed by atoms with Crippen LogP contribution >= 0.6 is 11.6 Å². The smallest absolute Gasteiger partial charge is 0.190 e. The SMILES string of the molecule is CN=C(NCCCOC)NCCc1ccccc1Cl. The van der Waals surface area contributed by atoms with Crippen molar-refractivity contribution in [3.8, 4) is 0 Å². The van der Waals surface area contributed by atoms with Crippen LogP contribution in [0, 0.1) is 0 Å². The Bertz CT molecular complexity index is 396. The average Bonchev–Trinajstić information content (AvgIpc) is 2.43. The molecule has 0 saturated heterocycles. The number of nitrogens with one attached hydrogen (secondary N) is 2. The van der Waals surface area contributed by atoms with E-state index in [1.54, 1.807) is 14.2 Å². The van der Waals surface area contributed by atoms with E-state index in [2.05, 4.69) is 15.6 Å². The predicted molar refractivity (Wildman–Crippen MR) is 81.0 cm³/mol. The summed E-state index contributed by atoms with van der Waals surface area (Å²) in [5, 5.41) is 7.30. The average molecular weight is 284 g/mol. The second-order valence-corrected chi connectivity index (χ2v) is 4.52. The van der Waals surface area contributed by atoms with Gasteiger partial charge in [0.2, 0.25) is 0 Å². The summed E-state index contributed by atoms with van der Waals surface area (Å²) in [5.41, 5.74) is 1.14. The monoisotopic (exact) mass is 283 g/mol. The molecular weight excluding hydrogens is 262 g/mol. The van der Waals surface area contributed by atoms with Crippen molar-refractivity contribution in [1.82, 2.24) is 10.6 Å². The molecule has 0 aliphatic heterocycles. The molecule has 0 saturated carbocycles. The Kier molecular flexibility index (Phi) is 8.02. The highest BCUT2D eigenvalue weighted by Crippen LogP contribution is 2.14. The largest absolute Gasteiger partial charge is 0.385 e. The number of methoxy groups -OCH3 is 1. The summed E-state index contributed by atoms with van der Waals surface area (Å²) >= 11 is 6.10. The van der Waals surface area contributed by atoms with Gasteiger partial charge in [-0.15, -0.1) is 0 Å². The first-order valence-electron chi connectivity index (χ1n) is 6.44. The minimum atomic E-state index is 0.754. The highest BCUT2D eigenvalue weighted by atomic mass is 35.5. The van der Waals surface area contributed by atoms with Gasteiger partial charge in [0, 0.05) is 38.9 Å². The van der Waals surface area contributed by atoms with E-state index < -0.39 is 0 Å². The molecule has 0 heterocycles. The van der Waals surface area contributed by atoms with Gasteiger partial charge in [-0.05, 0) is 24.5 Å². The van der Waals surface area contributed by atoms with Crippen LogP contribution in [-0.2, 0) is 11.2 Å². The predicted octanol–water partition coefficient (Wildman–Crippen LogP) is 2.08. The molecule has 0 aromatic heterocycles. The Morgan fingerprint density at radius 1 is 1.26 bits per heavy atom. The first-order valence-corrected chi connectivity index (χ1v) is 6.82. The molecule has 4 nitrogen and oxygen atoms in total. The molecule has 0 aliphatic carbocycles. The molecule has 1 aromatic carbocycles. The van der Waals surface area contributed by atoms with E-state index in [4.69, 9.17) is 16.3 Å². The van der Waals surface area contributed by atoms with Crippen LogP contribution < -0.4 is 10.6 Å². The molecule has 0 amide bonds. The first-order chi connectivity index (χ1) is 9.27. The summed E-state index contributed by atoms with van der Waals surface area (Å²) in [5.74, 6) is 0.808. The summed E-state index contributed by atoms with van der Waals surface area (Å²) in [6.45, 7) is 2.40. The normalized spacial score (nSPS) is 11.4. The molecule has 0 aliphatic rings. The van der Waals surface area contributed by atoms with Crippen molar-refractivity contribution in [2.24, 2.45) is 4.99 Å². The number of nitrogens with zero attached hydrogens (tertiary/aromatic N) is 1. The van der Waals surface area contributed by atoms with E-state index >= 15 is 0 Å². The van der Waals surface area contributed by atoms with Crippen molar-refractivity contribution in [3.05, 3.63) is 34.9 Å². The number of benzene rings is 1. The fraction of sp³-hybridized carbons (Fsp3) is 0.500. The van der Waals surface area contributed by atoms with E-state index in [-0.39, 0.29) is 0 Å². The lowest BCUT2D eigenvalue weighted by atomic mass is 10.1. The van der Waals surface area contributed by atoms with Crippen LogP contribution in [0.5, 0.6) is 0 Å². The second kappa shape index (κ2) is 9.64. The number of aliphatic imine (C=N–C) groups is 1. The number of guanidine groups is 1. The summed E-state index contributed by atoms with van der Waals surface area (Å²) in [4.78, 5) is 4.16. The highest BCUT2D eigenvalue weighted by molar-refractivity contribution is 6.31. The highest BCUT2D eigenvalue weighted by Gasteiger charge is 2.00. The molecule has 0 spiro atoms. The topological polar surface area (TPSA) is 45.7 Å². The van der Waals surface area contributed by atoms with Crippen molar-refractivity contribution in [2.75, 3.05) is 33.9 Å². The Morgan fingerprint density at radius 2 is 2.00 bits per heavy atom. The summed E-state index contributed by atoms with van der Waals surface area (Å²) in [6, 6.07) is 7.89. The summed E-state index contributed by atoms with van der Waals surface area (Å²) in [7, 11) is 3.47. The first kappa shape index (κ1) is 15.8. The van der Waals surface area contributed by atoms with E-state index in [1.807, 2.05) is 24.3 Å². The van der Waals surface area contributed by atoms with Crippen molar-refractivity contribution < 1.29 is 4.74 Å². The zero-order valence-electron chi connectivity index (χ0n) is 11.6. The molecule has 0 fully saturated rings. The van der Waals surface area contributed by atoms with Gasteiger partial charge in [0.25, 0.3) is 0 Å². The second-order valence-electron chi connectivity index (χ2n) is 4.11. The van der Waals surface area contributed by atoms with Crippen LogP contribution in [0.3, 0.4) is 0 Å². The van der Waals surface area contributed by atoms with E-state index in [9.17, 15) is 0 Å². The van der Waals surface area contributed by atoms with Gasteiger partial charge in [-0.25, -0.2) is 0 Å². The Labute approximate surface area is 120 Å². The molecule has 0 unspecified atom stereocenters. The number of halogens is 1. The number of ether oxygens (including phenoxy) is 1. The van der Waals surface area contributed by atoms with Crippen LogP contribution in [0.2, 0.25) is 5.02 Å². The Morgan fingerprint density at radius 3 is 2.68 bits per heavy atom. The third-order valence-corrected chi connectivity index (χ3v) is 3.05. The van der Waals surface area contributed by atoms with Crippen molar-refractivity contribution >= 4 is 17.6 Å². The molecular formula is C14H22ClN3O. The van der Waals surface area contributed by atoms with Gasteiger partial charge in [-0.1, -0.05) is 29.8 Å². The molecule has 0 bridgehead atoms. The van der Waals surface area contributed by atoms with Gasteiger partial charge in [0.05, 0.1) is 0 Å². The van der Waals surface area contributed by atoms with Crippen LogP contribution in [0.15, 0.2) is 29.3 Å². The zero-order valence-corrected chi connectivity index (χ0v) is 12.3. The van der Waals surface area contributed by atoms with Crippen molar-refractivity contribution in [1.29, 1.82) is 0 Å². The summed E-state index contributed by atoms with van der Waals surface area (Å²) in [6.07, 6.45) is 1.83. The Hall–Kier alpha value is -1.26. The van der Waals surface area contributed by atoms with Gasteiger partial charge in [-0.3, -0.25) is 4.99 Å². The number of hydrogen-bond donors (Lipinski definition) is 2. The molecule has 19 heavy (non-hydrogen) atoms. The maximum absolute atomic E-state index is 6.10. The zero-order chi connectivity index (χ0) is 13.9. The fourth-order valence-corrected chi connectivity index (χ4v) is 1.89. The Balaban J connectivity index is 2.25.